The van der Waals surface area contributed by atoms with Crippen molar-refractivity contribution < 1.29 is 4.74 Å². The van der Waals surface area contributed by atoms with E-state index < -0.39 is 0 Å². The lowest BCUT2D eigenvalue weighted by Crippen LogP contribution is -1.90. The third-order valence-electron chi connectivity index (χ3n) is 2.89. The Labute approximate surface area is 113 Å². The van der Waals surface area contributed by atoms with Gasteiger partial charge in [0, 0.05) is 5.88 Å². The molecule has 0 aliphatic rings. The Morgan fingerprint density at radius 3 is 2.11 bits per heavy atom. The second kappa shape index (κ2) is 5.45. The molecule has 0 amide bonds. The van der Waals surface area contributed by atoms with Gasteiger partial charge in [-0.25, -0.2) is 0 Å². The first kappa shape index (κ1) is 13.0. The van der Waals surface area contributed by atoms with E-state index in [-0.39, 0.29) is 0 Å². The maximum Gasteiger partial charge on any atom is 0.127 e. The summed E-state index contributed by atoms with van der Waals surface area (Å²) in [6.07, 6.45) is 0. The minimum absolute atomic E-state index is 0.537. The summed E-state index contributed by atoms with van der Waals surface area (Å²) in [5.74, 6) is 2.27. The van der Waals surface area contributed by atoms with Crippen LogP contribution in [0, 0.1) is 20.8 Å². The number of halogens is 1. The normalized spacial score (nSPS) is 10.4. The highest BCUT2D eigenvalue weighted by molar-refractivity contribution is 6.17. The van der Waals surface area contributed by atoms with Crippen LogP contribution in [-0.2, 0) is 5.88 Å². The monoisotopic (exact) mass is 260 g/mol. The number of benzene rings is 2. The Balaban J connectivity index is 2.25. The van der Waals surface area contributed by atoms with E-state index in [1.54, 1.807) is 0 Å². The van der Waals surface area contributed by atoms with Crippen molar-refractivity contribution in [1.82, 2.24) is 0 Å². The number of alkyl halides is 1. The highest BCUT2D eigenvalue weighted by Gasteiger charge is 2.02. The van der Waals surface area contributed by atoms with Crippen molar-refractivity contribution in [2.45, 2.75) is 26.7 Å². The third-order valence-corrected chi connectivity index (χ3v) is 3.18. The van der Waals surface area contributed by atoms with Crippen molar-refractivity contribution in [2.24, 2.45) is 0 Å². The summed E-state index contributed by atoms with van der Waals surface area (Å²) in [7, 11) is 0. The van der Waals surface area contributed by atoms with E-state index in [0.29, 0.717) is 5.88 Å². The number of rotatable bonds is 3. The molecule has 0 saturated carbocycles. The first-order valence-electron chi connectivity index (χ1n) is 6.00. The summed E-state index contributed by atoms with van der Waals surface area (Å²) in [5.41, 5.74) is 4.72. The van der Waals surface area contributed by atoms with Crippen LogP contribution in [0.5, 0.6) is 11.5 Å². The highest BCUT2D eigenvalue weighted by atomic mass is 35.5. The van der Waals surface area contributed by atoms with Gasteiger partial charge in [-0.05, 0) is 67.3 Å². The molecule has 0 N–H and O–H groups in total. The van der Waals surface area contributed by atoms with E-state index in [2.05, 4.69) is 19.9 Å². The van der Waals surface area contributed by atoms with Gasteiger partial charge in [0.2, 0.25) is 0 Å². The van der Waals surface area contributed by atoms with E-state index in [4.69, 9.17) is 16.3 Å². The molecule has 0 atom stereocenters. The molecule has 2 aromatic carbocycles. The summed E-state index contributed by atoms with van der Waals surface area (Å²) >= 11 is 5.85. The number of aryl methyl sites for hydroxylation is 3. The van der Waals surface area contributed by atoms with Crippen molar-refractivity contribution in [3.63, 3.8) is 0 Å². The van der Waals surface area contributed by atoms with Gasteiger partial charge in [-0.2, -0.15) is 0 Å². The van der Waals surface area contributed by atoms with Crippen LogP contribution < -0.4 is 4.74 Å². The van der Waals surface area contributed by atoms with Crippen LogP contribution in [0.25, 0.3) is 0 Å². The quantitative estimate of drug-likeness (QED) is 0.694. The molecule has 1 nitrogen and oxygen atoms in total. The zero-order valence-electron chi connectivity index (χ0n) is 11.0. The molecular weight excluding hydrogens is 244 g/mol. The van der Waals surface area contributed by atoms with Crippen LogP contribution in [0.2, 0.25) is 0 Å². The fourth-order valence-electron chi connectivity index (χ4n) is 2.01. The highest BCUT2D eigenvalue weighted by Crippen LogP contribution is 2.26. The lowest BCUT2D eigenvalue weighted by Gasteiger charge is -2.10. The summed E-state index contributed by atoms with van der Waals surface area (Å²) in [4.78, 5) is 0. The van der Waals surface area contributed by atoms with Crippen LogP contribution in [-0.4, -0.2) is 0 Å². The molecule has 0 bridgehead atoms. The molecule has 2 aromatic rings. The molecule has 2 heteroatoms. The predicted molar refractivity (Wildman–Crippen MR) is 76.7 cm³/mol. The van der Waals surface area contributed by atoms with Crippen molar-refractivity contribution in [3.05, 3.63) is 58.7 Å². The van der Waals surface area contributed by atoms with Crippen molar-refractivity contribution in [1.29, 1.82) is 0 Å². The molecule has 0 aromatic heterocycles. The molecular formula is C16H17ClO. The summed E-state index contributed by atoms with van der Waals surface area (Å²) in [6, 6.07) is 12.2. The smallest absolute Gasteiger partial charge is 0.127 e. The minimum Gasteiger partial charge on any atom is -0.457 e. The molecule has 18 heavy (non-hydrogen) atoms. The molecule has 0 spiro atoms. The zero-order chi connectivity index (χ0) is 13.1. The molecule has 0 fully saturated rings. The molecule has 0 unspecified atom stereocenters. The second-order valence-electron chi connectivity index (χ2n) is 4.65. The summed E-state index contributed by atoms with van der Waals surface area (Å²) in [5, 5.41) is 0. The molecule has 0 radical (unpaired) electrons. The number of ether oxygens (including phenoxy) is 1. The molecule has 0 saturated heterocycles. The van der Waals surface area contributed by atoms with Gasteiger partial charge in [0.1, 0.15) is 11.5 Å². The number of hydrogen-bond donors (Lipinski definition) is 0. The van der Waals surface area contributed by atoms with Crippen LogP contribution >= 0.6 is 11.6 Å². The average Bonchev–Trinajstić information content (AvgIpc) is 2.27. The lowest BCUT2D eigenvalue weighted by atomic mass is 10.1. The Morgan fingerprint density at radius 1 is 0.889 bits per heavy atom. The Kier molecular flexibility index (Phi) is 3.93. The van der Waals surface area contributed by atoms with Crippen LogP contribution in [0.3, 0.4) is 0 Å². The largest absolute Gasteiger partial charge is 0.457 e. The minimum atomic E-state index is 0.537. The van der Waals surface area contributed by atoms with Crippen molar-refractivity contribution in [3.8, 4) is 11.5 Å². The van der Waals surface area contributed by atoms with Crippen molar-refractivity contribution >= 4 is 11.6 Å². The fourth-order valence-corrected chi connectivity index (χ4v) is 2.31. The van der Waals surface area contributed by atoms with Crippen molar-refractivity contribution in [2.75, 3.05) is 0 Å². The van der Waals surface area contributed by atoms with Gasteiger partial charge < -0.3 is 4.74 Å². The van der Waals surface area contributed by atoms with Gasteiger partial charge in [-0.1, -0.05) is 12.1 Å². The lowest BCUT2D eigenvalue weighted by molar-refractivity contribution is 0.481. The van der Waals surface area contributed by atoms with E-state index in [1.807, 2.05) is 37.3 Å². The van der Waals surface area contributed by atoms with Gasteiger partial charge in [0.15, 0.2) is 0 Å². The van der Waals surface area contributed by atoms with E-state index in [0.717, 1.165) is 22.6 Å². The maximum atomic E-state index is 5.88. The predicted octanol–water partition coefficient (Wildman–Crippen LogP) is 5.14. The molecule has 94 valence electrons. The van der Waals surface area contributed by atoms with Crippen LogP contribution in [0.1, 0.15) is 22.3 Å². The average molecular weight is 261 g/mol. The summed E-state index contributed by atoms with van der Waals surface area (Å²) in [6.45, 7) is 6.19. The Bertz CT molecular complexity index is 541. The standard InChI is InChI=1S/C16H17ClO/c1-11-6-12(2)8-16(7-11)18-15-5-4-14(10-17)13(3)9-15/h4-9H,10H2,1-3H3. The van der Waals surface area contributed by atoms with E-state index in [9.17, 15) is 0 Å². The molecule has 2 rings (SSSR count). The fraction of sp³-hybridized carbons (Fsp3) is 0.250. The van der Waals surface area contributed by atoms with Gasteiger partial charge in [0.25, 0.3) is 0 Å². The van der Waals surface area contributed by atoms with Crippen LogP contribution in [0.4, 0.5) is 0 Å². The third kappa shape index (κ3) is 3.05. The first-order chi connectivity index (χ1) is 8.58. The molecule has 0 aliphatic carbocycles. The number of hydrogen-bond acceptors (Lipinski definition) is 1. The van der Waals surface area contributed by atoms with Gasteiger partial charge in [-0.15, -0.1) is 11.6 Å². The summed E-state index contributed by atoms with van der Waals surface area (Å²) < 4.78 is 5.88. The Hall–Kier alpha value is -1.47. The molecule has 0 heterocycles. The van der Waals surface area contributed by atoms with Gasteiger partial charge in [0.05, 0.1) is 0 Å². The SMILES string of the molecule is Cc1cc(C)cc(Oc2ccc(CCl)c(C)c2)c1. The van der Waals surface area contributed by atoms with Gasteiger partial charge >= 0.3 is 0 Å². The van der Waals surface area contributed by atoms with E-state index >= 15 is 0 Å². The zero-order valence-corrected chi connectivity index (χ0v) is 11.7. The van der Waals surface area contributed by atoms with Crippen LogP contribution in [0.15, 0.2) is 36.4 Å². The second-order valence-corrected chi connectivity index (χ2v) is 4.91. The topological polar surface area (TPSA) is 9.23 Å². The first-order valence-corrected chi connectivity index (χ1v) is 6.53. The van der Waals surface area contributed by atoms with Gasteiger partial charge in [-0.3, -0.25) is 0 Å². The maximum absolute atomic E-state index is 5.88. The Morgan fingerprint density at radius 2 is 1.56 bits per heavy atom. The van der Waals surface area contributed by atoms with E-state index in [1.165, 1.54) is 11.1 Å². The molecule has 0 aliphatic heterocycles.